The lowest BCUT2D eigenvalue weighted by Gasteiger charge is -2.18. The number of anilines is 2. The zero-order chi connectivity index (χ0) is 22.1. The van der Waals surface area contributed by atoms with Crippen LogP contribution in [0.1, 0.15) is 11.8 Å². The number of benzene rings is 1. The molecule has 1 aliphatic heterocycles. The average Bonchev–Trinajstić information content (AvgIpc) is 3.26. The minimum Gasteiger partial charge on any atom is -0.595 e. The van der Waals surface area contributed by atoms with E-state index >= 15 is 0 Å². The number of rotatable bonds is 6. The first-order valence-electron chi connectivity index (χ1n) is 9.14. The standard InChI is InChI=1S/C17H20N8O6/c18-14-11-15(20-7-19-14)24(16-13(28)12(27)10(6-26)31-16)17(22-11)23-21-5-8-1-3-9(4-2-8)25(29)30/h1-5,7,10,12-13,16,25-29H,6H2,(H,22,23)(H2,18,19,20)/t10-,12+,13-,16-/m0/s1. The Morgan fingerprint density at radius 3 is 2.65 bits per heavy atom. The van der Waals surface area contributed by atoms with Crippen LogP contribution < -0.4 is 16.4 Å². The zero-order valence-electron chi connectivity index (χ0n) is 15.9. The molecule has 1 aromatic carbocycles. The number of nitrogens with zero attached hydrogens (tertiary/aromatic N) is 5. The summed E-state index contributed by atoms with van der Waals surface area (Å²) >= 11 is 0. The van der Waals surface area contributed by atoms with Crippen molar-refractivity contribution in [3.63, 3.8) is 0 Å². The summed E-state index contributed by atoms with van der Waals surface area (Å²) < 4.78 is 6.96. The van der Waals surface area contributed by atoms with Crippen molar-refractivity contribution < 1.29 is 30.5 Å². The maximum atomic E-state index is 10.9. The predicted octanol–water partition coefficient (Wildman–Crippen LogP) is -2.13. The largest absolute Gasteiger partial charge is 0.595 e. The van der Waals surface area contributed by atoms with Crippen LogP contribution in [0.25, 0.3) is 11.2 Å². The van der Waals surface area contributed by atoms with Crippen molar-refractivity contribution in [3.05, 3.63) is 41.4 Å². The van der Waals surface area contributed by atoms with Crippen LogP contribution in [-0.4, -0.2) is 71.2 Å². The van der Waals surface area contributed by atoms with Crippen LogP contribution in [0.3, 0.4) is 0 Å². The van der Waals surface area contributed by atoms with Crippen LogP contribution in [0, 0.1) is 5.21 Å². The highest BCUT2D eigenvalue weighted by atomic mass is 16.8. The predicted molar refractivity (Wildman–Crippen MR) is 106 cm³/mol. The maximum absolute atomic E-state index is 10.9. The monoisotopic (exact) mass is 432 g/mol. The number of hydrogen-bond donors (Lipinski definition) is 7. The van der Waals surface area contributed by atoms with E-state index in [0.29, 0.717) is 5.56 Å². The summed E-state index contributed by atoms with van der Waals surface area (Å²) in [5, 5.41) is 52.9. The molecule has 0 spiro atoms. The number of ether oxygens (including phenoxy) is 1. The molecular weight excluding hydrogens is 412 g/mol. The molecule has 164 valence electrons. The molecule has 1 saturated heterocycles. The summed E-state index contributed by atoms with van der Waals surface area (Å²) in [5.41, 5.74) is 9.80. The van der Waals surface area contributed by atoms with Gasteiger partial charge in [0.15, 0.2) is 28.9 Å². The zero-order valence-corrected chi connectivity index (χ0v) is 15.9. The van der Waals surface area contributed by atoms with E-state index in [1.165, 1.54) is 29.2 Å². The third-order valence-electron chi connectivity index (χ3n) is 4.81. The topological polar surface area (TPSA) is 212 Å². The van der Waals surface area contributed by atoms with Gasteiger partial charge in [0.25, 0.3) is 0 Å². The lowest BCUT2D eigenvalue weighted by atomic mass is 10.1. The maximum Gasteiger partial charge on any atom is 0.228 e. The Bertz CT molecular complexity index is 1090. The fraction of sp³-hybridized carbons (Fsp3) is 0.294. The number of aliphatic hydroxyl groups is 3. The minimum absolute atomic E-state index is 0.0896. The molecule has 4 rings (SSSR count). The number of imidazole rings is 1. The summed E-state index contributed by atoms with van der Waals surface area (Å²) in [5.74, 6) is 0.183. The second-order valence-corrected chi connectivity index (χ2v) is 6.76. The Labute approximate surface area is 174 Å². The molecule has 1 unspecified atom stereocenters. The van der Waals surface area contributed by atoms with E-state index in [4.69, 9.17) is 15.7 Å². The van der Waals surface area contributed by atoms with Gasteiger partial charge in [0.2, 0.25) is 5.95 Å². The molecule has 0 aliphatic carbocycles. The Morgan fingerprint density at radius 1 is 1.26 bits per heavy atom. The number of nitrogens with two attached hydrogens (primary N) is 1. The fourth-order valence-corrected chi connectivity index (χ4v) is 3.22. The van der Waals surface area contributed by atoms with E-state index in [0.717, 1.165) is 0 Å². The van der Waals surface area contributed by atoms with Crippen LogP contribution in [0.5, 0.6) is 0 Å². The SMILES string of the molecule is Nc1ncnc2c1nc(NN=Cc1ccc([NH+]([O-])O)cc1)n2[C@H]1O[C@@H](CO)[C@@H](O)[C@@H]1O. The average molecular weight is 432 g/mol. The molecule has 14 heteroatoms. The highest BCUT2D eigenvalue weighted by Gasteiger charge is 2.45. The van der Waals surface area contributed by atoms with Crippen molar-refractivity contribution in [3.8, 4) is 0 Å². The number of quaternary nitrogens is 1. The number of aromatic nitrogens is 4. The third-order valence-corrected chi connectivity index (χ3v) is 4.81. The smallest absolute Gasteiger partial charge is 0.228 e. The van der Waals surface area contributed by atoms with Crippen LogP contribution in [-0.2, 0) is 4.74 Å². The van der Waals surface area contributed by atoms with Gasteiger partial charge >= 0.3 is 0 Å². The molecule has 0 bridgehead atoms. The first-order chi connectivity index (χ1) is 14.9. The summed E-state index contributed by atoms with van der Waals surface area (Å²) in [4.78, 5) is 12.3. The number of hydrazone groups is 1. The van der Waals surface area contributed by atoms with Crippen LogP contribution in [0.2, 0.25) is 0 Å². The van der Waals surface area contributed by atoms with Gasteiger partial charge in [-0.05, 0) is 17.7 Å². The Hall–Kier alpha value is -3.24. The van der Waals surface area contributed by atoms with Crippen LogP contribution in [0.15, 0.2) is 35.7 Å². The normalized spacial score (nSPS) is 24.8. The van der Waals surface area contributed by atoms with Crippen molar-refractivity contribution in [2.75, 3.05) is 17.8 Å². The molecule has 14 nitrogen and oxygen atoms in total. The van der Waals surface area contributed by atoms with Crippen molar-refractivity contribution in [2.45, 2.75) is 24.5 Å². The van der Waals surface area contributed by atoms with Crippen molar-refractivity contribution in [2.24, 2.45) is 5.10 Å². The van der Waals surface area contributed by atoms with Crippen LogP contribution >= 0.6 is 0 Å². The molecule has 0 amide bonds. The summed E-state index contributed by atoms with van der Waals surface area (Å²) in [6.45, 7) is -0.494. The van der Waals surface area contributed by atoms with Gasteiger partial charge in [-0.1, -0.05) is 0 Å². The molecule has 0 radical (unpaired) electrons. The summed E-state index contributed by atoms with van der Waals surface area (Å²) in [7, 11) is 0. The fourth-order valence-electron chi connectivity index (χ4n) is 3.22. The van der Waals surface area contributed by atoms with Gasteiger partial charge < -0.3 is 31.0 Å². The van der Waals surface area contributed by atoms with E-state index < -0.39 is 36.4 Å². The van der Waals surface area contributed by atoms with Gasteiger partial charge in [0.05, 0.1) is 12.8 Å². The van der Waals surface area contributed by atoms with E-state index in [1.807, 2.05) is 0 Å². The molecule has 3 aromatic rings. The summed E-state index contributed by atoms with van der Waals surface area (Å²) in [6.07, 6.45) is -2.18. The Balaban J connectivity index is 1.66. The molecule has 1 fully saturated rings. The number of nitrogens with one attached hydrogen (secondary N) is 2. The number of fused-ring (bicyclic) bond motifs is 1. The van der Waals surface area contributed by atoms with Gasteiger partial charge in [0.1, 0.15) is 24.6 Å². The minimum atomic E-state index is -1.38. The van der Waals surface area contributed by atoms with Crippen molar-refractivity contribution in [1.29, 1.82) is 0 Å². The van der Waals surface area contributed by atoms with Crippen molar-refractivity contribution >= 4 is 34.8 Å². The Kier molecular flexibility index (Phi) is 5.75. The van der Waals surface area contributed by atoms with E-state index in [9.17, 15) is 20.5 Å². The summed E-state index contributed by atoms with van der Waals surface area (Å²) in [6, 6.07) is 6.03. The molecule has 5 atom stereocenters. The van der Waals surface area contributed by atoms with Gasteiger partial charge in [-0.15, -0.1) is 0 Å². The molecule has 8 N–H and O–H groups in total. The van der Waals surface area contributed by atoms with Gasteiger partial charge in [-0.3, -0.25) is 4.57 Å². The molecule has 0 saturated carbocycles. The van der Waals surface area contributed by atoms with E-state index in [1.54, 1.807) is 12.1 Å². The highest BCUT2D eigenvalue weighted by molar-refractivity contribution is 5.84. The lowest BCUT2D eigenvalue weighted by Crippen LogP contribution is -2.99. The van der Waals surface area contributed by atoms with Gasteiger partial charge in [-0.25, -0.2) is 25.6 Å². The molecule has 31 heavy (non-hydrogen) atoms. The molecule has 1 aliphatic rings. The number of aliphatic hydroxyl groups excluding tert-OH is 3. The van der Waals surface area contributed by atoms with Crippen molar-refractivity contribution in [1.82, 2.24) is 19.5 Å². The second-order valence-electron chi connectivity index (χ2n) is 6.76. The molecular formula is C17H20N8O6. The molecule has 2 aromatic heterocycles. The van der Waals surface area contributed by atoms with Gasteiger partial charge in [-0.2, -0.15) is 10.3 Å². The van der Waals surface area contributed by atoms with Gasteiger partial charge in [0, 0.05) is 12.1 Å². The second kappa shape index (κ2) is 8.48. The number of nitrogen functional groups attached to an aromatic ring is 1. The first kappa shape index (κ1) is 21.0. The first-order valence-corrected chi connectivity index (χ1v) is 9.14. The lowest BCUT2D eigenvalue weighted by molar-refractivity contribution is -0.991. The number of hydrogen-bond acceptors (Lipinski definition) is 12. The molecule has 3 heterocycles. The third kappa shape index (κ3) is 3.91. The van der Waals surface area contributed by atoms with E-state index in [-0.39, 0.29) is 28.6 Å². The van der Waals surface area contributed by atoms with Crippen LogP contribution in [0.4, 0.5) is 17.5 Å². The van der Waals surface area contributed by atoms with E-state index in [2.05, 4.69) is 25.5 Å². The Morgan fingerprint density at radius 2 is 2.00 bits per heavy atom. The quantitative estimate of drug-likeness (QED) is 0.165. The highest BCUT2D eigenvalue weighted by Crippen LogP contribution is 2.35.